The van der Waals surface area contributed by atoms with Crippen molar-refractivity contribution in [1.29, 1.82) is 0 Å². The molecule has 0 unspecified atom stereocenters. The summed E-state index contributed by atoms with van der Waals surface area (Å²) in [6.07, 6.45) is 1.70. The number of hydrogen-bond donors (Lipinski definition) is 2. The van der Waals surface area contributed by atoms with Crippen LogP contribution in [-0.2, 0) is 23.4 Å². The SMILES string of the molecule is CC[C@@](O)(C=O)c1cc2n(c(=O)c1C)Cc1c-2nc2cc(F)c(C)c3c2c1[C@@H](NC(=O)c1ccc(C)cc1)CC3. The van der Waals surface area contributed by atoms with Gasteiger partial charge >= 0.3 is 0 Å². The lowest BCUT2D eigenvalue weighted by Gasteiger charge is -2.30. The molecular weight excluding hydrogens is 509 g/mol. The van der Waals surface area contributed by atoms with E-state index >= 15 is 4.39 Å². The summed E-state index contributed by atoms with van der Waals surface area (Å²) >= 11 is 0. The molecule has 7 nitrogen and oxygen atoms in total. The number of aromatic nitrogens is 2. The average molecular weight is 540 g/mol. The molecule has 2 aliphatic rings. The monoisotopic (exact) mass is 539 g/mol. The summed E-state index contributed by atoms with van der Waals surface area (Å²) in [5, 5.41) is 15.0. The summed E-state index contributed by atoms with van der Waals surface area (Å²) in [6, 6.07) is 10.0. The molecule has 0 saturated carbocycles. The fourth-order valence-corrected chi connectivity index (χ4v) is 6.28. The molecule has 2 N–H and O–H groups in total. The zero-order chi connectivity index (χ0) is 28.5. The molecule has 4 aromatic rings. The summed E-state index contributed by atoms with van der Waals surface area (Å²) < 4.78 is 16.6. The van der Waals surface area contributed by atoms with Crippen LogP contribution in [0.3, 0.4) is 0 Å². The van der Waals surface area contributed by atoms with E-state index in [1.807, 2.05) is 19.1 Å². The molecule has 3 heterocycles. The highest BCUT2D eigenvalue weighted by Crippen LogP contribution is 2.45. The number of aliphatic hydroxyl groups is 1. The smallest absolute Gasteiger partial charge is 0.254 e. The number of nitrogens with zero attached hydrogens (tertiary/aromatic N) is 2. The molecular formula is C32H30FN3O4. The fraction of sp³-hybridized carbons (Fsp3) is 0.312. The quantitative estimate of drug-likeness (QED) is 0.315. The first-order valence-electron chi connectivity index (χ1n) is 13.5. The van der Waals surface area contributed by atoms with Crippen LogP contribution in [0.5, 0.6) is 0 Å². The Morgan fingerprint density at radius 2 is 1.90 bits per heavy atom. The van der Waals surface area contributed by atoms with E-state index in [9.17, 15) is 19.5 Å². The van der Waals surface area contributed by atoms with Crippen molar-refractivity contribution in [3.8, 4) is 11.4 Å². The lowest BCUT2D eigenvalue weighted by atomic mass is 9.81. The van der Waals surface area contributed by atoms with Gasteiger partial charge in [0.05, 0.1) is 29.5 Å². The van der Waals surface area contributed by atoms with Crippen LogP contribution in [-0.4, -0.2) is 26.9 Å². The van der Waals surface area contributed by atoms with Crippen molar-refractivity contribution in [3.63, 3.8) is 0 Å². The highest BCUT2D eigenvalue weighted by Gasteiger charge is 2.37. The van der Waals surface area contributed by atoms with E-state index in [1.165, 1.54) is 6.07 Å². The van der Waals surface area contributed by atoms with Crippen molar-refractivity contribution >= 4 is 23.1 Å². The maximum absolute atomic E-state index is 15.1. The van der Waals surface area contributed by atoms with Crippen molar-refractivity contribution in [2.75, 3.05) is 0 Å². The zero-order valence-electron chi connectivity index (χ0n) is 22.9. The molecule has 0 radical (unpaired) electrons. The Balaban J connectivity index is 1.58. The number of aldehydes is 1. The van der Waals surface area contributed by atoms with Gasteiger partial charge in [0.2, 0.25) is 0 Å². The van der Waals surface area contributed by atoms with Gasteiger partial charge in [-0.15, -0.1) is 0 Å². The molecule has 1 aliphatic heterocycles. The van der Waals surface area contributed by atoms with Crippen LogP contribution in [0.1, 0.15) is 75.1 Å². The van der Waals surface area contributed by atoms with Gasteiger partial charge < -0.3 is 15.0 Å². The minimum atomic E-state index is -1.81. The third kappa shape index (κ3) is 3.73. The molecule has 204 valence electrons. The fourth-order valence-electron chi connectivity index (χ4n) is 6.28. The minimum Gasteiger partial charge on any atom is -0.378 e. The van der Waals surface area contributed by atoms with Crippen LogP contribution in [0.15, 0.2) is 41.2 Å². The molecule has 8 heteroatoms. The predicted octanol–water partition coefficient (Wildman–Crippen LogP) is 4.70. The second kappa shape index (κ2) is 9.20. The van der Waals surface area contributed by atoms with E-state index in [2.05, 4.69) is 5.32 Å². The van der Waals surface area contributed by atoms with E-state index in [0.717, 1.165) is 27.6 Å². The van der Waals surface area contributed by atoms with E-state index in [1.54, 1.807) is 43.5 Å². The Hall–Kier alpha value is -4.17. The Labute approximate surface area is 230 Å². The molecule has 0 bridgehead atoms. The molecule has 1 aliphatic carbocycles. The van der Waals surface area contributed by atoms with Gasteiger partial charge in [0.15, 0.2) is 6.29 Å². The first-order chi connectivity index (χ1) is 19.1. The van der Waals surface area contributed by atoms with Crippen LogP contribution >= 0.6 is 0 Å². The minimum absolute atomic E-state index is 0.102. The summed E-state index contributed by atoms with van der Waals surface area (Å²) in [5.74, 6) is -0.569. The van der Waals surface area contributed by atoms with E-state index in [-0.39, 0.29) is 47.4 Å². The number of nitrogens with one attached hydrogen (secondary N) is 1. The topological polar surface area (TPSA) is 101 Å². The molecule has 6 rings (SSSR count). The molecule has 1 amide bonds. The first kappa shape index (κ1) is 26.1. The van der Waals surface area contributed by atoms with Crippen molar-refractivity contribution in [3.05, 3.63) is 97.1 Å². The molecule has 2 aromatic heterocycles. The Kier molecular flexibility index (Phi) is 6.00. The normalized spacial score (nSPS) is 16.8. The number of rotatable bonds is 5. The Morgan fingerprint density at radius 1 is 1.18 bits per heavy atom. The molecule has 2 aromatic carbocycles. The summed E-state index contributed by atoms with van der Waals surface area (Å²) in [4.78, 5) is 43.6. The number of halogens is 1. The number of aryl methyl sites for hydroxylation is 2. The number of pyridine rings is 2. The number of carbonyl (C=O) groups excluding carboxylic acids is 2. The standard InChI is InChI=1S/C32H30FN3O4/c1-5-32(40,15-37)22-12-26-29-21(14-36(26)31(39)18(22)4)28-24(35-30(38)19-8-6-16(2)7-9-19)11-10-20-17(3)23(33)13-25(34-29)27(20)28/h6-9,12-13,15,24,40H,5,10-11,14H2,1-4H3,(H,35,38)/t24-,32+/m0/s1. The van der Waals surface area contributed by atoms with Crippen LogP contribution in [0.25, 0.3) is 22.3 Å². The van der Waals surface area contributed by atoms with Gasteiger partial charge in [0.1, 0.15) is 11.4 Å². The average Bonchev–Trinajstić information content (AvgIpc) is 3.32. The van der Waals surface area contributed by atoms with Gasteiger partial charge in [-0.2, -0.15) is 0 Å². The second-order valence-electron chi connectivity index (χ2n) is 11.0. The van der Waals surface area contributed by atoms with Gasteiger partial charge in [-0.25, -0.2) is 9.37 Å². The summed E-state index contributed by atoms with van der Waals surface area (Å²) in [5.41, 5.74) is 4.45. The highest BCUT2D eigenvalue weighted by molar-refractivity contribution is 5.97. The second-order valence-corrected chi connectivity index (χ2v) is 11.0. The number of fused-ring (bicyclic) bond motifs is 4. The summed E-state index contributed by atoms with van der Waals surface area (Å²) in [6.45, 7) is 7.22. The van der Waals surface area contributed by atoms with E-state index < -0.39 is 5.60 Å². The van der Waals surface area contributed by atoms with Crippen LogP contribution in [0.4, 0.5) is 4.39 Å². The Bertz CT molecular complexity index is 1810. The zero-order valence-corrected chi connectivity index (χ0v) is 22.9. The Morgan fingerprint density at radius 3 is 2.58 bits per heavy atom. The maximum Gasteiger partial charge on any atom is 0.254 e. The molecule has 40 heavy (non-hydrogen) atoms. The highest BCUT2D eigenvalue weighted by atomic mass is 19.1. The van der Waals surface area contributed by atoms with E-state index in [4.69, 9.17) is 4.98 Å². The van der Waals surface area contributed by atoms with Crippen molar-refractivity contribution in [2.45, 2.75) is 65.1 Å². The number of amides is 1. The van der Waals surface area contributed by atoms with Crippen LogP contribution in [0.2, 0.25) is 0 Å². The van der Waals surface area contributed by atoms with Crippen molar-refractivity contribution in [1.82, 2.24) is 14.9 Å². The molecule has 0 saturated heterocycles. The van der Waals surface area contributed by atoms with Crippen molar-refractivity contribution < 1.29 is 19.1 Å². The number of benzene rings is 2. The molecule has 2 atom stereocenters. The predicted molar refractivity (Wildman–Crippen MR) is 150 cm³/mol. The first-order valence-corrected chi connectivity index (χ1v) is 13.5. The van der Waals surface area contributed by atoms with Crippen LogP contribution < -0.4 is 10.9 Å². The van der Waals surface area contributed by atoms with Crippen molar-refractivity contribution in [2.24, 2.45) is 0 Å². The number of carbonyl (C=O) groups is 2. The largest absolute Gasteiger partial charge is 0.378 e. The van der Waals surface area contributed by atoms with Crippen LogP contribution in [0, 0.1) is 26.6 Å². The number of hydrogen-bond acceptors (Lipinski definition) is 5. The summed E-state index contributed by atoms with van der Waals surface area (Å²) in [7, 11) is 0. The maximum atomic E-state index is 15.1. The van der Waals surface area contributed by atoms with Gasteiger partial charge in [0, 0.05) is 33.7 Å². The third-order valence-corrected chi connectivity index (χ3v) is 8.70. The lowest BCUT2D eigenvalue weighted by molar-refractivity contribution is -0.125. The molecule has 0 spiro atoms. The third-order valence-electron chi connectivity index (χ3n) is 8.70. The van der Waals surface area contributed by atoms with Gasteiger partial charge in [0.25, 0.3) is 11.5 Å². The van der Waals surface area contributed by atoms with Gasteiger partial charge in [-0.1, -0.05) is 24.6 Å². The molecule has 0 fully saturated rings. The van der Waals surface area contributed by atoms with Gasteiger partial charge in [-0.3, -0.25) is 14.4 Å². The van der Waals surface area contributed by atoms with E-state index in [0.29, 0.717) is 47.2 Å². The lowest BCUT2D eigenvalue weighted by Crippen LogP contribution is -2.33. The van der Waals surface area contributed by atoms with Gasteiger partial charge in [-0.05, 0) is 74.9 Å².